The molecule has 1 unspecified atom stereocenters. The van der Waals surface area contributed by atoms with Gasteiger partial charge in [-0.1, -0.05) is 18.2 Å². The number of hydrogen-bond donors (Lipinski definition) is 0. The summed E-state index contributed by atoms with van der Waals surface area (Å²) in [4.78, 5) is 9.59. The number of nitrogens with zero attached hydrogens (tertiary/aromatic N) is 1. The van der Waals surface area contributed by atoms with Crippen molar-refractivity contribution in [2.45, 2.75) is 0 Å². The van der Waals surface area contributed by atoms with E-state index in [1.807, 2.05) is 0 Å². The Morgan fingerprint density at radius 2 is 1.70 bits per heavy atom. The molecule has 0 aliphatic rings. The van der Waals surface area contributed by atoms with E-state index in [-0.39, 0.29) is 23.6 Å². The second-order valence-corrected chi connectivity index (χ2v) is 1.59. The van der Waals surface area contributed by atoms with Crippen molar-refractivity contribution >= 4 is 23.6 Å². The third kappa shape index (κ3) is 2.19. The quantitative estimate of drug-likeness (QED) is 0.375. The van der Waals surface area contributed by atoms with E-state index in [1.165, 1.54) is 12.1 Å². The summed E-state index contributed by atoms with van der Waals surface area (Å²) in [5.41, 5.74) is 0.137. The Morgan fingerprint density at radius 1 is 1.20 bits per heavy atom. The molecule has 0 saturated carbocycles. The zero-order valence-corrected chi connectivity index (χ0v) is 8.32. The molecular weight excluding hydrogens is 193 g/mol. The predicted octanol–water partition coefficient (Wildman–Crippen LogP) is 0.411. The van der Waals surface area contributed by atoms with E-state index in [1.54, 1.807) is 18.2 Å². The monoisotopic (exact) mass is 201 g/mol. The second-order valence-electron chi connectivity index (χ2n) is 1.59. The molecular formula is C6H8AsNO2. The van der Waals surface area contributed by atoms with Crippen LogP contribution in [0.25, 0.3) is 0 Å². The van der Waals surface area contributed by atoms with E-state index in [2.05, 4.69) is 0 Å². The molecule has 0 heterocycles. The van der Waals surface area contributed by atoms with Crippen molar-refractivity contribution < 1.29 is 4.92 Å². The van der Waals surface area contributed by atoms with Crippen LogP contribution in [0.1, 0.15) is 0 Å². The van der Waals surface area contributed by atoms with Gasteiger partial charge in [0.2, 0.25) is 0 Å². The summed E-state index contributed by atoms with van der Waals surface area (Å²) < 4.78 is 0. The molecule has 0 radical (unpaired) electrons. The molecule has 0 saturated heterocycles. The van der Waals surface area contributed by atoms with Crippen molar-refractivity contribution in [2.24, 2.45) is 0 Å². The summed E-state index contributed by atoms with van der Waals surface area (Å²) in [5.74, 6) is 0. The van der Waals surface area contributed by atoms with Crippen molar-refractivity contribution in [3.05, 3.63) is 40.4 Å². The van der Waals surface area contributed by atoms with Gasteiger partial charge in [-0.2, -0.15) is 0 Å². The standard InChI is InChI=1S/C6H5NO2.AsH3/c8-7(9)6-4-2-1-3-5-6;/h1-5H;1H3. The molecule has 3 nitrogen and oxygen atoms in total. The zero-order chi connectivity index (χ0) is 6.69. The fourth-order valence-corrected chi connectivity index (χ4v) is 0.550. The van der Waals surface area contributed by atoms with Crippen LogP contribution in [-0.4, -0.2) is 22.9 Å². The molecule has 1 rings (SSSR count). The maximum atomic E-state index is 10.0. The molecule has 0 fully saturated rings. The van der Waals surface area contributed by atoms with E-state index in [4.69, 9.17) is 0 Å². The number of hydrogen-bond acceptors (Lipinski definition) is 2. The number of rotatable bonds is 1. The number of benzene rings is 1. The Kier molecular flexibility index (Phi) is 3.73. The molecule has 0 aromatic heterocycles. The van der Waals surface area contributed by atoms with Crippen LogP contribution in [0.4, 0.5) is 5.69 Å². The number of nitro benzene ring substituents is 1. The first kappa shape index (κ1) is 9.18. The van der Waals surface area contributed by atoms with Crippen LogP contribution in [0.5, 0.6) is 0 Å². The summed E-state index contributed by atoms with van der Waals surface area (Å²) in [6.45, 7) is 0. The summed E-state index contributed by atoms with van der Waals surface area (Å²) in [6.07, 6.45) is 0. The van der Waals surface area contributed by atoms with Crippen LogP contribution in [-0.2, 0) is 0 Å². The maximum absolute atomic E-state index is 10.0. The zero-order valence-electron chi connectivity index (χ0n) is 5.36. The molecule has 1 aromatic rings. The Morgan fingerprint density at radius 3 is 2.00 bits per heavy atom. The van der Waals surface area contributed by atoms with E-state index in [0.29, 0.717) is 0 Å². The van der Waals surface area contributed by atoms with Crippen LogP contribution < -0.4 is 0 Å². The molecule has 1 atom stereocenters. The van der Waals surface area contributed by atoms with Crippen LogP contribution in [0.15, 0.2) is 30.3 Å². The van der Waals surface area contributed by atoms with Crippen molar-refractivity contribution in [1.29, 1.82) is 0 Å². The number of para-hydroxylation sites is 1. The van der Waals surface area contributed by atoms with Gasteiger partial charge < -0.3 is 0 Å². The van der Waals surface area contributed by atoms with Crippen LogP contribution in [0.3, 0.4) is 0 Å². The summed E-state index contributed by atoms with van der Waals surface area (Å²) in [5, 5.41) is 10.0. The fraction of sp³-hybridized carbons (Fsp3) is 0. The van der Waals surface area contributed by atoms with Crippen molar-refractivity contribution in [1.82, 2.24) is 0 Å². The molecule has 0 aliphatic carbocycles. The van der Waals surface area contributed by atoms with Gasteiger partial charge in [0.25, 0.3) is 5.69 Å². The average molecular weight is 201 g/mol. The molecule has 10 heavy (non-hydrogen) atoms. The Balaban J connectivity index is 0.000000810. The summed E-state index contributed by atoms with van der Waals surface area (Å²) in [6, 6.07) is 7.93. The van der Waals surface area contributed by atoms with Gasteiger partial charge in [0, 0.05) is 12.1 Å². The van der Waals surface area contributed by atoms with E-state index >= 15 is 0 Å². The number of nitro groups is 1. The van der Waals surface area contributed by atoms with Gasteiger partial charge in [-0.3, -0.25) is 10.1 Å². The molecule has 4 heteroatoms. The van der Waals surface area contributed by atoms with E-state index < -0.39 is 4.92 Å². The fourth-order valence-electron chi connectivity index (χ4n) is 0.550. The SMILES string of the molecule is O=[N+]([O-])c1ccccc1.[AsH3]. The van der Waals surface area contributed by atoms with Gasteiger partial charge in [0.1, 0.15) is 0 Å². The first-order chi connectivity index (χ1) is 4.30. The molecule has 0 spiro atoms. The second kappa shape index (κ2) is 4.07. The van der Waals surface area contributed by atoms with E-state index in [0.717, 1.165) is 0 Å². The van der Waals surface area contributed by atoms with Crippen LogP contribution in [0, 0.1) is 10.1 Å². The summed E-state index contributed by atoms with van der Waals surface area (Å²) in [7, 11) is 0. The molecule has 0 amide bonds. The summed E-state index contributed by atoms with van der Waals surface area (Å²) >= 11 is 0. The van der Waals surface area contributed by atoms with E-state index in [9.17, 15) is 10.1 Å². The van der Waals surface area contributed by atoms with Crippen molar-refractivity contribution in [3.63, 3.8) is 0 Å². The first-order valence-electron chi connectivity index (χ1n) is 2.50. The van der Waals surface area contributed by atoms with Gasteiger partial charge in [-0.15, -0.1) is 0 Å². The predicted molar refractivity (Wildman–Crippen MR) is 43.0 cm³/mol. The normalized spacial score (nSPS) is 8.00. The Bertz CT molecular complexity index is 212. The minimum atomic E-state index is -0.417. The third-order valence-electron chi connectivity index (χ3n) is 0.967. The van der Waals surface area contributed by atoms with Crippen LogP contribution >= 0.6 is 0 Å². The van der Waals surface area contributed by atoms with Gasteiger partial charge in [-0.05, 0) is 0 Å². The Hall–Kier alpha value is -0.822. The van der Waals surface area contributed by atoms with Crippen molar-refractivity contribution in [2.75, 3.05) is 0 Å². The molecule has 1 aromatic carbocycles. The minimum absolute atomic E-state index is 0. The third-order valence-corrected chi connectivity index (χ3v) is 0.967. The van der Waals surface area contributed by atoms with Gasteiger partial charge >= 0.3 is 18.0 Å². The average Bonchev–Trinajstić information content (AvgIpc) is 1.90. The van der Waals surface area contributed by atoms with Gasteiger partial charge in [0.05, 0.1) is 4.92 Å². The topological polar surface area (TPSA) is 43.1 Å². The molecule has 0 N–H and O–H groups in total. The van der Waals surface area contributed by atoms with Gasteiger partial charge in [-0.25, -0.2) is 0 Å². The molecule has 0 aliphatic heterocycles. The van der Waals surface area contributed by atoms with Gasteiger partial charge in [0.15, 0.2) is 0 Å². The number of non-ortho nitro benzene ring substituents is 1. The molecule has 54 valence electrons. The van der Waals surface area contributed by atoms with Crippen LogP contribution in [0.2, 0.25) is 0 Å². The van der Waals surface area contributed by atoms with Crippen molar-refractivity contribution in [3.8, 4) is 0 Å². The first-order valence-corrected chi connectivity index (χ1v) is 2.50. The molecule has 0 bridgehead atoms. The Labute approximate surface area is 69.5 Å².